The number of hydrogen-bond donors (Lipinski definition) is 2. The van der Waals surface area contributed by atoms with E-state index in [1.54, 1.807) is 25.3 Å². The number of hydrogen-bond acceptors (Lipinski definition) is 4. The highest BCUT2D eigenvalue weighted by atomic mass is 16.5. The Balaban J connectivity index is 1.62. The minimum Gasteiger partial charge on any atom is -0.496 e. The lowest BCUT2D eigenvalue weighted by Gasteiger charge is -2.39. The van der Waals surface area contributed by atoms with Crippen LogP contribution in [0.25, 0.3) is 0 Å². The van der Waals surface area contributed by atoms with Gasteiger partial charge in [-0.2, -0.15) is 0 Å². The van der Waals surface area contributed by atoms with Gasteiger partial charge in [0.1, 0.15) is 5.75 Å². The third-order valence-electron chi connectivity index (χ3n) is 4.38. The van der Waals surface area contributed by atoms with Crippen molar-refractivity contribution in [3.63, 3.8) is 0 Å². The van der Waals surface area contributed by atoms with Crippen LogP contribution in [0, 0.1) is 0 Å². The number of aliphatic hydroxyl groups is 1. The Kier molecular flexibility index (Phi) is 5.13. The first kappa shape index (κ1) is 16.5. The van der Waals surface area contributed by atoms with E-state index >= 15 is 0 Å². The van der Waals surface area contributed by atoms with Crippen LogP contribution in [0.15, 0.2) is 48.5 Å². The second-order valence-electron chi connectivity index (χ2n) is 5.93. The number of nitrogens with zero attached hydrogens (tertiary/aromatic N) is 1. The van der Waals surface area contributed by atoms with Gasteiger partial charge in [0.2, 0.25) is 5.91 Å². The average Bonchev–Trinajstić information content (AvgIpc) is 2.59. The topological polar surface area (TPSA) is 61.8 Å². The predicted molar refractivity (Wildman–Crippen MR) is 92.8 cm³/mol. The number of anilines is 1. The third kappa shape index (κ3) is 3.58. The molecule has 5 heteroatoms. The molecule has 0 saturated carbocycles. The molecule has 2 N–H and O–H groups in total. The highest BCUT2D eigenvalue weighted by Crippen LogP contribution is 2.25. The number of carbonyl (C=O) groups is 1. The van der Waals surface area contributed by atoms with Crippen molar-refractivity contribution >= 4 is 11.6 Å². The van der Waals surface area contributed by atoms with Gasteiger partial charge in [-0.05, 0) is 30.2 Å². The average molecular weight is 326 g/mol. The number of carbonyl (C=O) groups excluding carboxylic acids is 1. The van der Waals surface area contributed by atoms with Crippen molar-refractivity contribution in [1.29, 1.82) is 0 Å². The van der Waals surface area contributed by atoms with Crippen LogP contribution in [-0.4, -0.2) is 35.6 Å². The molecule has 0 bridgehead atoms. The normalized spacial score (nSPS) is 17.2. The highest BCUT2D eigenvalue weighted by Gasteiger charge is 2.33. The molecule has 0 radical (unpaired) electrons. The first-order valence-electron chi connectivity index (χ1n) is 8.08. The maximum atomic E-state index is 12.5. The third-order valence-corrected chi connectivity index (χ3v) is 4.38. The van der Waals surface area contributed by atoms with Crippen molar-refractivity contribution in [2.75, 3.05) is 19.0 Å². The lowest BCUT2D eigenvalue weighted by molar-refractivity contribution is -0.125. The van der Waals surface area contributed by atoms with E-state index in [1.807, 2.05) is 18.2 Å². The van der Waals surface area contributed by atoms with Gasteiger partial charge in [0.15, 0.2) is 0 Å². The van der Waals surface area contributed by atoms with Crippen molar-refractivity contribution in [2.45, 2.75) is 25.6 Å². The molecule has 1 saturated heterocycles. The minimum atomic E-state index is -0.129. The quantitative estimate of drug-likeness (QED) is 0.856. The molecule has 24 heavy (non-hydrogen) atoms. The van der Waals surface area contributed by atoms with Gasteiger partial charge < -0.3 is 15.2 Å². The van der Waals surface area contributed by atoms with E-state index in [-0.39, 0.29) is 18.6 Å². The maximum Gasteiger partial charge on any atom is 0.241 e. The van der Waals surface area contributed by atoms with E-state index in [0.29, 0.717) is 17.0 Å². The van der Waals surface area contributed by atoms with Crippen LogP contribution in [0.3, 0.4) is 0 Å². The van der Waals surface area contributed by atoms with Crippen molar-refractivity contribution in [2.24, 2.45) is 0 Å². The van der Waals surface area contributed by atoms with Gasteiger partial charge in [-0.15, -0.1) is 0 Å². The van der Waals surface area contributed by atoms with Crippen LogP contribution in [0.4, 0.5) is 5.69 Å². The number of likely N-dealkylation sites (tertiary alicyclic amines) is 1. The molecule has 1 aliphatic rings. The second-order valence-corrected chi connectivity index (χ2v) is 5.93. The molecule has 0 aromatic heterocycles. The fourth-order valence-electron chi connectivity index (χ4n) is 2.95. The van der Waals surface area contributed by atoms with E-state index < -0.39 is 0 Å². The largest absolute Gasteiger partial charge is 0.496 e. The molecule has 2 aromatic carbocycles. The summed E-state index contributed by atoms with van der Waals surface area (Å²) in [5.41, 5.74) is 2.54. The van der Waals surface area contributed by atoms with Crippen LogP contribution >= 0.6 is 0 Å². The Morgan fingerprint density at radius 2 is 2.08 bits per heavy atom. The molecule has 2 aromatic rings. The van der Waals surface area contributed by atoms with Gasteiger partial charge >= 0.3 is 0 Å². The highest BCUT2D eigenvalue weighted by molar-refractivity contribution is 5.95. The number of amides is 1. The zero-order valence-corrected chi connectivity index (χ0v) is 13.7. The second kappa shape index (κ2) is 7.47. The number of aliphatic hydroxyl groups excluding tert-OH is 1. The molecule has 1 fully saturated rings. The Bertz CT molecular complexity index is 703. The van der Waals surface area contributed by atoms with E-state index in [1.165, 1.54) is 5.56 Å². The zero-order chi connectivity index (χ0) is 16.9. The van der Waals surface area contributed by atoms with Gasteiger partial charge in [0, 0.05) is 24.3 Å². The standard InChI is InChI=1S/C19H22N2O3/c1-24-18-8-7-16(11-15(18)13-22)20-19(23)17-9-10-21(17)12-14-5-3-2-4-6-14/h2-8,11,17,22H,9-10,12-13H2,1H3,(H,20,23)/t17-/m1/s1. The number of methoxy groups -OCH3 is 1. The van der Waals surface area contributed by atoms with Crippen LogP contribution in [0.2, 0.25) is 0 Å². The van der Waals surface area contributed by atoms with E-state index in [0.717, 1.165) is 19.5 Å². The Morgan fingerprint density at radius 3 is 2.71 bits per heavy atom. The molecular weight excluding hydrogens is 304 g/mol. The van der Waals surface area contributed by atoms with Crippen LogP contribution < -0.4 is 10.1 Å². The van der Waals surface area contributed by atoms with Crippen LogP contribution in [0.5, 0.6) is 5.75 Å². The molecule has 1 amide bonds. The summed E-state index contributed by atoms with van der Waals surface area (Å²) >= 11 is 0. The number of ether oxygens (including phenoxy) is 1. The van der Waals surface area contributed by atoms with Crippen LogP contribution in [-0.2, 0) is 17.9 Å². The molecule has 5 nitrogen and oxygen atoms in total. The van der Waals surface area contributed by atoms with Gasteiger partial charge in [-0.3, -0.25) is 9.69 Å². The Morgan fingerprint density at radius 1 is 1.29 bits per heavy atom. The lowest BCUT2D eigenvalue weighted by atomic mass is 10.0. The van der Waals surface area contributed by atoms with Gasteiger partial charge in [-0.1, -0.05) is 30.3 Å². The zero-order valence-electron chi connectivity index (χ0n) is 13.7. The molecule has 0 aliphatic carbocycles. The Hall–Kier alpha value is -2.37. The molecular formula is C19H22N2O3. The van der Waals surface area contributed by atoms with Gasteiger partial charge in [-0.25, -0.2) is 0 Å². The van der Waals surface area contributed by atoms with Crippen molar-refractivity contribution in [3.8, 4) is 5.75 Å². The van der Waals surface area contributed by atoms with Crippen LogP contribution in [0.1, 0.15) is 17.5 Å². The Labute approximate surface area is 141 Å². The number of benzene rings is 2. The number of rotatable bonds is 6. The SMILES string of the molecule is COc1ccc(NC(=O)[C@H]2CCN2Cc2ccccc2)cc1CO. The molecule has 1 aliphatic heterocycles. The molecule has 1 atom stereocenters. The fraction of sp³-hybridized carbons (Fsp3) is 0.316. The fourth-order valence-corrected chi connectivity index (χ4v) is 2.95. The monoisotopic (exact) mass is 326 g/mol. The van der Waals surface area contributed by atoms with Crippen molar-refractivity contribution in [1.82, 2.24) is 4.90 Å². The number of nitrogens with one attached hydrogen (secondary N) is 1. The lowest BCUT2D eigenvalue weighted by Crippen LogP contribution is -2.53. The summed E-state index contributed by atoms with van der Waals surface area (Å²) in [6, 6.07) is 15.3. The van der Waals surface area contributed by atoms with Gasteiger partial charge in [0.25, 0.3) is 0 Å². The van der Waals surface area contributed by atoms with Crippen molar-refractivity contribution < 1.29 is 14.6 Å². The summed E-state index contributed by atoms with van der Waals surface area (Å²) in [7, 11) is 1.56. The molecule has 126 valence electrons. The van der Waals surface area contributed by atoms with E-state index in [2.05, 4.69) is 22.3 Å². The minimum absolute atomic E-state index is 0.00811. The van der Waals surface area contributed by atoms with E-state index in [4.69, 9.17) is 4.74 Å². The first-order valence-corrected chi connectivity index (χ1v) is 8.08. The first-order chi connectivity index (χ1) is 11.7. The molecule has 1 heterocycles. The molecule has 3 rings (SSSR count). The summed E-state index contributed by atoms with van der Waals surface area (Å²) < 4.78 is 5.18. The molecule has 0 unspecified atom stereocenters. The summed E-state index contributed by atoms with van der Waals surface area (Å²) in [5, 5.41) is 12.3. The molecule has 0 spiro atoms. The summed E-state index contributed by atoms with van der Waals surface area (Å²) in [4.78, 5) is 14.7. The van der Waals surface area contributed by atoms with Gasteiger partial charge in [0.05, 0.1) is 19.8 Å². The van der Waals surface area contributed by atoms with E-state index in [9.17, 15) is 9.90 Å². The summed E-state index contributed by atoms with van der Waals surface area (Å²) in [6.07, 6.45) is 0.863. The van der Waals surface area contributed by atoms with Crippen molar-refractivity contribution in [3.05, 3.63) is 59.7 Å². The summed E-state index contributed by atoms with van der Waals surface area (Å²) in [5.74, 6) is 0.607. The summed E-state index contributed by atoms with van der Waals surface area (Å²) in [6.45, 7) is 1.58. The maximum absolute atomic E-state index is 12.5. The predicted octanol–water partition coefficient (Wildman–Crippen LogP) is 2.40. The smallest absolute Gasteiger partial charge is 0.241 e.